The SMILES string of the molecule is Cc1ccc(NC(=O)[C@H](C(C)C)N2C(=O)[C@H]3[C@H](C2=O)C2(Cl)c4ccccc4C3(Cl)c3ccccc32)cc1. The van der Waals surface area contributed by atoms with Crippen molar-refractivity contribution in [3.63, 3.8) is 0 Å². The van der Waals surface area contributed by atoms with Gasteiger partial charge in [0, 0.05) is 5.69 Å². The Balaban J connectivity index is 1.48. The summed E-state index contributed by atoms with van der Waals surface area (Å²) in [5.74, 6) is -3.55. The molecule has 3 aromatic carbocycles. The van der Waals surface area contributed by atoms with Crippen LogP contribution >= 0.6 is 23.2 Å². The lowest BCUT2D eigenvalue weighted by Gasteiger charge is -2.54. The first-order valence-electron chi connectivity index (χ1n) is 12.4. The first-order chi connectivity index (χ1) is 17.6. The Hall–Kier alpha value is -3.15. The highest BCUT2D eigenvalue weighted by molar-refractivity contribution is 6.36. The van der Waals surface area contributed by atoms with Crippen molar-refractivity contribution in [2.24, 2.45) is 17.8 Å². The number of rotatable bonds is 4. The lowest BCUT2D eigenvalue weighted by atomic mass is 9.54. The van der Waals surface area contributed by atoms with Crippen LogP contribution in [0.15, 0.2) is 72.8 Å². The summed E-state index contributed by atoms with van der Waals surface area (Å²) in [5.41, 5.74) is 4.60. The third kappa shape index (κ3) is 3.07. The highest BCUT2D eigenvalue weighted by Gasteiger charge is 2.73. The largest absolute Gasteiger partial charge is 0.324 e. The monoisotopic (exact) mass is 532 g/mol. The van der Waals surface area contributed by atoms with Gasteiger partial charge in [-0.2, -0.15) is 0 Å². The summed E-state index contributed by atoms with van der Waals surface area (Å²) in [4.78, 5) is 40.6. The van der Waals surface area contributed by atoms with Gasteiger partial charge < -0.3 is 5.32 Å². The second-order valence-corrected chi connectivity index (χ2v) is 11.8. The number of benzene rings is 3. The number of alkyl halides is 2. The van der Waals surface area contributed by atoms with Crippen molar-refractivity contribution < 1.29 is 14.4 Å². The number of halogens is 2. The topological polar surface area (TPSA) is 66.5 Å². The Kier molecular flexibility index (Phi) is 5.35. The molecule has 1 saturated heterocycles. The second-order valence-electron chi connectivity index (χ2n) is 10.6. The molecule has 0 saturated carbocycles. The number of anilines is 1. The van der Waals surface area contributed by atoms with E-state index in [1.54, 1.807) is 12.1 Å². The fourth-order valence-electron chi connectivity index (χ4n) is 6.53. The number of amides is 3. The van der Waals surface area contributed by atoms with Crippen LogP contribution < -0.4 is 5.32 Å². The summed E-state index contributed by atoms with van der Waals surface area (Å²) >= 11 is 15.0. The van der Waals surface area contributed by atoms with Crippen molar-refractivity contribution in [1.82, 2.24) is 4.90 Å². The van der Waals surface area contributed by atoms with Crippen LogP contribution in [0, 0.1) is 24.7 Å². The smallest absolute Gasteiger partial charge is 0.247 e. The Bertz CT molecular complexity index is 1340. The number of carbonyl (C=O) groups excluding carboxylic acids is 3. The number of likely N-dealkylation sites (tertiary alicyclic amines) is 1. The maximum absolute atomic E-state index is 14.2. The molecule has 0 aromatic heterocycles. The molecule has 0 radical (unpaired) electrons. The summed E-state index contributed by atoms with van der Waals surface area (Å²) in [6.45, 7) is 5.61. The van der Waals surface area contributed by atoms with Crippen molar-refractivity contribution in [2.45, 2.75) is 36.6 Å². The molecule has 5 nitrogen and oxygen atoms in total. The molecule has 1 N–H and O–H groups in total. The highest BCUT2D eigenvalue weighted by atomic mass is 35.5. The van der Waals surface area contributed by atoms with E-state index in [-0.39, 0.29) is 5.92 Å². The van der Waals surface area contributed by atoms with Gasteiger partial charge in [0.15, 0.2) is 0 Å². The molecular weight excluding hydrogens is 507 g/mol. The summed E-state index contributed by atoms with van der Waals surface area (Å²) in [6.07, 6.45) is 0. The molecule has 1 fully saturated rings. The Morgan fingerprint density at radius 3 is 1.57 bits per heavy atom. The average Bonchev–Trinajstić information content (AvgIpc) is 3.15. The van der Waals surface area contributed by atoms with Gasteiger partial charge in [-0.1, -0.05) is 80.1 Å². The first-order valence-corrected chi connectivity index (χ1v) is 13.2. The molecule has 3 atom stereocenters. The quantitative estimate of drug-likeness (QED) is 0.353. The first kappa shape index (κ1) is 24.2. The third-order valence-corrected chi connectivity index (χ3v) is 9.40. The van der Waals surface area contributed by atoms with Crippen LogP contribution in [0.3, 0.4) is 0 Å². The van der Waals surface area contributed by atoms with Crippen molar-refractivity contribution in [1.29, 1.82) is 0 Å². The Labute approximate surface area is 225 Å². The van der Waals surface area contributed by atoms with Gasteiger partial charge in [-0.05, 0) is 47.2 Å². The zero-order valence-electron chi connectivity index (χ0n) is 20.7. The number of hydrogen-bond acceptors (Lipinski definition) is 3. The summed E-state index contributed by atoms with van der Waals surface area (Å²) in [7, 11) is 0. The van der Waals surface area contributed by atoms with E-state index >= 15 is 0 Å². The van der Waals surface area contributed by atoms with E-state index < -0.39 is 45.3 Å². The van der Waals surface area contributed by atoms with Gasteiger partial charge in [0.25, 0.3) is 0 Å². The van der Waals surface area contributed by atoms with Gasteiger partial charge in [-0.25, -0.2) is 0 Å². The summed E-state index contributed by atoms with van der Waals surface area (Å²) in [6, 6.07) is 21.4. The van der Waals surface area contributed by atoms with Crippen molar-refractivity contribution in [3.8, 4) is 0 Å². The predicted octanol–water partition coefficient (Wildman–Crippen LogP) is 5.55. The lowest BCUT2D eigenvalue weighted by Crippen LogP contribution is -2.57. The molecule has 1 aliphatic heterocycles. The van der Waals surface area contributed by atoms with E-state index in [1.807, 2.05) is 81.4 Å². The van der Waals surface area contributed by atoms with Gasteiger partial charge in [-0.3, -0.25) is 19.3 Å². The molecule has 2 bridgehead atoms. The standard InChI is InChI=1S/C30H26Cl2N2O3/c1-16(2)25(26(35)33-18-14-12-17(3)13-15-18)34-27(36)23-24(28(34)37)30(32)20-9-5-4-8-19(20)29(23,31)21-10-6-7-11-22(21)30/h4-16,23-25H,1-3H3,(H,33,35)/t23-,24-,25+,29?,30?/m1/s1. The van der Waals surface area contributed by atoms with Crippen LogP contribution in [0.4, 0.5) is 5.69 Å². The molecule has 1 heterocycles. The van der Waals surface area contributed by atoms with Crippen LogP contribution in [-0.2, 0) is 24.1 Å². The second kappa shape index (κ2) is 8.17. The number of carbonyl (C=O) groups is 3. The van der Waals surface area contributed by atoms with E-state index in [0.717, 1.165) is 32.7 Å². The summed E-state index contributed by atoms with van der Waals surface area (Å²) in [5, 5.41) is 2.89. The summed E-state index contributed by atoms with van der Waals surface area (Å²) < 4.78 is 0. The number of hydrogen-bond donors (Lipinski definition) is 1. The van der Waals surface area contributed by atoms with Crippen LogP contribution in [0.5, 0.6) is 0 Å². The fourth-order valence-corrected chi connectivity index (χ4v) is 7.63. The van der Waals surface area contributed by atoms with Crippen molar-refractivity contribution in [2.75, 3.05) is 5.32 Å². The zero-order chi connectivity index (χ0) is 26.3. The van der Waals surface area contributed by atoms with Gasteiger partial charge in [0.1, 0.15) is 15.8 Å². The van der Waals surface area contributed by atoms with Crippen molar-refractivity contribution >= 4 is 46.6 Å². The Morgan fingerprint density at radius 2 is 1.19 bits per heavy atom. The molecule has 4 aliphatic rings. The fraction of sp³-hybridized carbons (Fsp3) is 0.300. The average molecular weight is 533 g/mol. The van der Waals surface area contributed by atoms with Crippen LogP contribution in [0.2, 0.25) is 0 Å². The lowest BCUT2D eigenvalue weighted by molar-refractivity contribution is -0.148. The van der Waals surface area contributed by atoms with E-state index in [0.29, 0.717) is 5.69 Å². The molecule has 3 amide bonds. The minimum absolute atomic E-state index is 0.335. The molecule has 37 heavy (non-hydrogen) atoms. The van der Waals surface area contributed by atoms with E-state index in [1.165, 1.54) is 0 Å². The van der Waals surface area contributed by atoms with Gasteiger partial charge in [0.2, 0.25) is 17.7 Å². The maximum atomic E-state index is 14.2. The highest BCUT2D eigenvalue weighted by Crippen LogP contribution is 2.69. The van der Waals surface area contributed by atoms with E-state index in [4.69, 9.17) is 23.2 Å². The molecule has 3 aromatic rings. The minimum atomic E-state index is -1.27. The van der Waals surface area contributed by atoms with E-state index in [9.17, 15) is 14.4 Å². The zero-order valence-corrected chi connectivity index (χ0v) is 22.2. The molecule has 7 heteroatoms. The normalized spacial score (nSPS) is 28.1. The predicted molar refractivity (Wildman–Crippen MR) is 143 cm³/mol. The number of nitrogens with one attached hydrogen (secondary N) is 1. The van der Waals surface area contributed by atoms with Gasteiger partial charge in [0.05, 0.1) is 11.8 Å². The molecule has 0 unspecified atom stereocenters. The molecule has 0 spiro atoms. The molecule has 188 valence electrons. The third-order valence-electron chi connectivity index (χ3n) is 8.12. The van der Waals surface area contributed by atoms with Crippen LogP contribution in [0.25, 0.3) is 0 Å². The molecular formula is C30H26Cl2N2O3. The number of aryl methyl sites for hydroxylation is 1. The number of imide groups is 1. The van der Waals surface area contributed by atoms with Crippen molar-refractivity contribution in [3.05, 3.63) is 101 Å². The minimum Gasteiger partial charge on any atom is -0.324 e. The van der Waals surface area contributed by atoms with Gasteiger partial charge in [-0.15, -0.1) is 23.2 Å². The van der Waals surface area contributed by atoms with Crippen LogP contribution in [-0.4, -0.2) is 28.7 Å². The van der Waals surface area contributed by atoms with E-state index in [2.05, 4.69) is 5.32 Å². The molecule has 7 rings (SSSR count). The number of nitrogens with zero attached hydrogens (tertiary/aromatic N) is 1. The molecule has 3 aliphatic carbocycles. The van der Waals surface area contributed by atoms with Gasteiger partial charge >= 0.3 is 0 Å². The maximum Gasteiger partial charge on any atom is 0.247 e. The van der Waals surface area contributed by atoms with Crippen LogP contribution in [0.1, 0.15) is 41.7 Å². The Morgan fingerprint density at radius 1 is 0.784 bits per heavy atom.